The zero-order chi connectivity index (χ0) is 19.3. The Labute approximate surface area is 161 Å². The third-order valence-electron chi connectivity index (χ3n) is 3.99. The quantitative estimate of drug-likeness (QED) is 0.576. The van der Waals surface area contributed by atoms with Gasteiger partial charge in [0.25, 0.3) is 0 Å². The van der Waals surface area contributed by atoms with E-state index in [1.807, 2.05) is 6.07 Å². The highest BCUT2D eigenvalue weighted by Gasteiger charge is 2.19. The molecule has 0 spiro atoms. The van der Waals surface area contributed by atoms with E-state index < -0.39 is 0 Å². The minimum absolute atomic E-state index is 0.0122. The number of aryl methyl sites for hydroxylation is 1. The smallest absolute Gasteiger partial charge is 0.162 e. The molecule has 2 N–H and O–H groups in total. The van der Waals surface area contributed by atoms with E-state index in [1.54, 1.807) is 19.2 Å². The number of methoxy groups -OCH3 is 1. The van der Waals surface area contributed by atoms with Gasteiger partial charge in [0.05, 0.1) is 7.11 Å². The Bertz CT molecular complexity index is 781. The molecule has 140 valence electrons. The molecule has 0 aromatic heterocycles. The highest BCUT2D eigenvalue weighted by Crippen LogP contribution is 2.32. The van der Waals surface area contributed by atoms with Crippen LogP contribution in [0.4, 0.5) is 0 Å². The van der Waals surface area contributed by atoms with E-state index in [0.29, 0.717) is 29.7 Å². The second-order valence-corrected chi connectivity index (χ2v) is 7.62. The van der Waals surface area contributed by atoms with Crippen LogP contribution in [-0.2, 0) is 5.41 Å². The van der Waals surface area contributed by atoms with E-state index in [4.69, 9.17) is 32.2 Å². The van der Waals surface area contributed by atoms with E-state index in [-0.39, 0.29) is 5.41 Å². The Balaban J connectivity index is 2.05. The number of thiocarbonyl (C=S) groups is 1. The Morgan fingerprint density at radius 3 is 2.19 bits per heavy atom. The lowest BCUT2D eigenvalue weighted by atomic mass is 9.86. The van der Waals surface area contributed by atoms with Gasteiger partial charge in [-0.1, -0.05) is 45.1 Å². The Hall–Kier alpha value is -2.27. The zero-order valence-electron chi connectivity index (χ0n) is 16.1. The molecule has 0 atom stereocenters. The summed E-state index contributed by atoms with van der Waals surface area (Å²) in [7, 11) is 1.60. The first-order chi connectivity index (χ1) is 12.2. The van der Waals surface area contributed by atoms with E-state index in [1.165, 1.54) is 11.1 Å². The molecule has 0 saturated carbocycles. The summed E-state index contributed by atoms with van der Waals surface area (Å²) < 4.78 is 17.2. The van der Waals surface area contributed by atoms with Crippen LogP contribution in [0.1, 0.15) is 37.5 Å². The fourth-order valence-electron chi connectivity index (χ4n) is 2.61. The number of nitrogens with two attached hydrogens (primary N) is 1. The molecule has 0 aliphatic carbocycles. The van der Waals surface area contributed by atoms with E-state index in [9.17, 15) is 0 Å². The lowest BCUT2D eigenvalue weighted by molar-refractivity contribution is 0.208. The van der Waals surface area contributed by atoms with Crippen molar-refractivity contribution in [3.05, 3.63) is 53.1 Å². The van der Waals surface area contributed by atoms with Gasteiger partial charge in [0.1, 0.15) is 24.0 Å². The lowest BCUT2D eigenvalue weighted by Gasteiger charge is -2.23. The number of hydrogen-bond donors (Lipinski definition) is 1. The summed E-state index contributed by atoms with van der Waals surface area (Å²) in [5.41, 5.74) is 8.78. The standard InChI is InChI=1S/C21H27NO3S/c1-14-6-8-16(21(2,3)4)18(12-14)24-10-11-25-19-13-15(20(22)26)7-9-17(19)23-5/h6-9,12-13H,10-11H2,1-5H3,(H2,22,26). The third-order valence-corrected chi connectivity index (χ3v) is 4.23. The summed E-state index contributed by atoms with van der Waals surface area (Å²) >= 11 is 5.02. The molecule has 0 aliphatic rings. The number of ether oxygens (including phenoxy) is 3. The predicted molar refractivity (Wildman–Crippen MR) is 110 cm³/mol. The molecule has 0 radical (unpaired) electrons. The normalized spacial score (nSPS) is 11.1. The van der Waals surface area contributed by atoms with Gasteiger partial charge in [-0.3, -0.25) is 0 Å². The van der Waals surface area contributed by atoms with Crippen LogP contribution in [0.3, 0.4) is 0 Å². The molecule has 0 aliphatic heterocycles. The van der Waals surface area contributed by atoms with Crippen molar-refractivity contribution >= 4 is 17.2 Å². The summed E-state index contributed by atoms with van der Waals surface area (Å²) in [6.45, 7) is 9.39. The van der Waals surface area contributed by atoms with Crippen LogP contribution in [0.15, 0.2) is 36.4 Å². The second-order valence-electron chi connectivity index (χ2n) is 7.18. The molecule has 0 fully saturated rings. The van der Waals surface area contributed by atoms with Crippen LogP contribution >= 0.6 is 12.2 Å². The topological polar surface area (TPSA) is 53.7 Å². The van der Waals surface area contributed by atoms with Crippen LogP contribution in [-0.4, -0.2) is 25.3 Å². The van der Waals surface area contributed by atoms with Gasteiger partial charge in [-0.15, -0.1) is 0 Å². The van der Waals surface area contributed by atoms with Crippen molar-refractivity contribution in [1.29, 1.82) is 0 Å². The maximum absolute atomic E-state index is 6.00. The van der Waals surface area contributed by atoms with E-state index >= 15 is 0 Å². The largest absolute Gasteiger partial charge is 0.493 e. The molecule has 2 rings (SSSR count). The van der Waals surface area contributed by atoms with Crippen molar-refractivity contribution in [2.75, 3.05) is 20.3 Å². The molecule has 0 unspecified atom stereocenters. The first-order valence-electron chi connectivity index (χ1n) is 8.57. The fraction of sp³-hybridized carbons (Fsp3) is 0.381. The van der Waals surface area contributed by atoms with Gasteiger partial charge < -0.3 is 19.9 Å². The molecule has 0 bridgehead atoms. The molecule has 0 heterocycles. The maximum Gasteiger partial charge on any atom is 0.162 e. The molecule has 5 heteroatoms. The van der Waals surface area contributed by atoms with Crippen molar-refractivity contribution in [2.24, 2.45) is 5.73 Å². The third kappa shape index (κ3) is 5.11. The number of rotatable bonds is 7. The van der Waals surface area contributed by atoms with E-state index in [2.05, 4.69) is 45.9 Å². The maximum atomic E-state index is 6.00. The van der Waals surface area contributed by atoms with Crippen molar-refractivity contribution in [3.8, 4) is 17.2 Å². The van der Waals surface area contributed by atoms with Crippen molar-refractivity contribution < 1.29 is 14.2 Å². The number of hydrogen-bond acceptors (Lipinski definition) is 4. The molecule has 2 aromatic carbocycles. The molecule has 0 saturated heterocycles. The van der Waals surface area contributed by atoms with Gasteiger partial charge in [0, 0.05) is 5.56 Å². The summed E-state index contributed by atoms with van der Waals surface area (Å²) in [5.74, 6) is 2.13. The van der Waals surface area contributed by atoms with Gasteiger partial charge in [-0.2, -0.15) is 0 Å². The van der Waals surface area contributed by atoms with Crippen molar-refractivity contribution in [2.45, 2.75) is 33.1 Å². The van der Waals surface area contributed by atoms with Crippen LogP contribution in [0.5, 0.6) is 17.2 Å². The van der Waals surface area contributed by atoms with Crippen molar-refractivity contribution in [1.82, 2.24) is 0 Å². The summed E-state index contributed by atoms with van der Waals surface area (Å²) in [6, 6.07) is 11.7. The highest BCUT2D eigenvalue weighted by molar-refractivity contribution is 7.80. The minimum Gasteiger partial charge on any atom is -0.493 e. The molecule has 4 nitrogen and oxygen atoms in total. The molecule has 26 heavy (non-hydrogen) atoms. The number of benzene rings is 2. The van der Waals surface area contributed by atoms with Crippen LogP contribution in [0.25, 0.3) is 0 Å². The van der Waals surface area contributed by atoms with Gasteiger partial charge in [-0.25, -0.2) is 0 Å². The monoisotopic (exact) mass is 373 g/mol. The van der Waals surface area contributed by atoms with Crippen molar-refractivity contribution in [3.63, 3.8) is 0 Å². The zero-order valence-corrected chi connectivity index (χ0v) is 16.9. The lowest BCUT2D eigenvalue weighted by Crippen LogP contribution is -2.16. The molecule has 2 aromatic rings. The average Bonchev–Trinajstić information content (AvgIpc) is 2.57. The van der Waals surface area contributed by atoms with E-state index in [0.717, 1.165) is 11.3 Å². The first-order valence-corrected chi connectivity index (χ1v) is 8.98. The second kappa shape index (κ2) is 8.41. The summed E-state index contributed by atoms with van der Waals surface area (Å²) in [6.07, 6.45) is 0. The fourth-order valence-corrected chi connectivity index (χ4v) is 2.74. The molecular weight excluding hydrogens is 346 g/mol. The highest BCUT2D eigenvalue weighted by atomic mass is 32.1. The minimum atomic E-state index is 0.0122. The van der Waals surface area contributed by atoms with Crippen LogP contribution in [0.2, 0.25) is 0 Å². The predicted octanol–water partition coefficient (Wildman–Crippen LogP) is 4.39. The van der Waals surface area contributed by atoms with Crippen LogP contribution in [0, 0.1) is 6.92 Å². The molecular formula is C21H27NO3S. The van der Waals surface area contributed by atoms with Gasteiger partial charge in [0.2, 0.25) is 0 Å². The molecule has 0 amide bonds. The summed E-state index contributed by atoms with van der Waals surface area (Å²) in [4.78, 5) is 0.323. The van der Waals surface area contributed by atoms with Gasteiger partial charge in [-0.05, 0) is 47.7 Å². The Morgan fingerprint density at radius 2 is 1.62 bits per heavy atom. The van der Waals surface area contributed by atoms with Gasteiger partial charge >= 0.3 is 0 Å². The first kappa shape index (κ1) is 20.0. The Morgan fingerprint density at radius 1 is 0.962 bits per heavy atom. The van der Waals surface area contributed by atoms with Crippen LogP contribution < -0.4 is 19.9 Å². The average molecular weight is 374 g/mol. The Kier molecular flexibility index (Phi) is 6.48. The summed E-state index contributed by atoms with van der Waals surface area (Å²) in [5, 5.41) is 0. The van der Waals surface area contributed by atoms with Gasteiger partial charge in [0.15, 0.2) is 11.5 Å². The SMILES string of the molecule is COc1ccc(C(N)=S)cc1OCCOc1cc(C)ccc1C(C)(C)C.